The van der Waals surface area contributed by atoms with E-state index in [9.17, 15) is 19.5 Å². The minimum absolute atomic E-state index is 0.0216. The number of methoxy groups -OCH3 is 1. The molecule has 1 N–H and O–H groups in total. The van der Waals surface area contributed by atoms with E-state index in [1.165, 1.54) is 16.8 Å². The van der Waals surface area contributed by atoms with Gasteiger partial charge in [-0.25, -0.2) is 4.79 Å². The van der Waals surface area contributed by atoms with E-state index >= 15 is 0 Å². The second-order valence-electron chi connectivity index (χ2n) is 15.1. The zero-order chi connectivity index (χ0) is 38.7. The van der Waals surface area contributed by atoms with Crippen LogP contribution < -0.4 is 16.0 Å². The second kappa shape index (κ2) is 15.8. The fraction of sp³-hybridized carbons (Fsp3) is 0.326. The van der Waals surface area contributed by atoms with E-state index in [2.05, 4.69) is 33.9 Å². The Hall–Kier alpha value is -4.91. The number of hydrogen-bond acceptors (Lipinski definition) is 8. The number of carbonyl (C=O) groups excluding carboxylic acids is 1. The van der Waals surface area contributed by atoms with Gasteiger partial charge in [0, 0.05) is 23.7 Å². The second-order valence-corrected chi connectivity index (χ2v) is 19.8. The molecule has 11 heteroatoms. The number of rotatable bonds is 12. The first-order valence-corrected chi connectivity index (χ1v) is 21.0. The molecule has 4 atom stereocenters. The first kappa shape index (κ1) is 38.8. The van der Waals surface area contributed by atoms with Gasteiger partial charge in [0.15, 0.2) is 14.5 Å². The highest BCUT2D eigenvalue weighted by atomic mass is 28.4. The van der Waals surface area contributed by atoms with Crippen LogP contribution in [0, 0.1) is 5.92 Å². The van der Waals surface area contributed by atoms with E-state index in [1.807, 2.05) is 84.9 Å². The first-order valence-electron chi connectivity index (χ1n) is 18.1. The predicted octanol–water partition coefficient (Wildman–Crippen LogP) is 6.61. The van der Waals surface area contributed by atoms with Crippen LogP contribution in [0.15, 0.2) is 137 Å². The quantitative estimate of drug-likeness (QED) is 0.112. The van der Waals surface area contributed by atoms with E-state index in [4.69, 9.17) is 18.6 Å². The van der Waals surface area contributed by atoms with Crippen molar-refractivity contribution in [2.24, 2.45) is 5.92 Å². The lowest BCUT2D eigenvalue weighted by molar-refractivity contribution is -0.0914. The van der Waals surface area contributed by atoms with Gasteiger partial charge in [-0.2, -0.15) is 4.57 Å². The van der Waals surface area contributed by atoms with Gasteiger partial charge in [0.05, 0.1) is 32.5 Å². The van der Waals surface area contributed by atoms with E-state index in [0.29, 0.717) is 10.3 Å². The van der Waals surface area contributed by atoms with Crippen LogP contribution in [0.5, 0.6) is 5.75 Å². The average molecular weight is 749 g/mol. The topological polar surface area (TPSA) is 118 Å². The highest BCUT2D eigenvalue weighted by molar-refractivity contribution is 6.74. The van der Waals surface area contributed by atoms with Crippen molar-refractivity contribution in [3.8, 4) is 5.75 Å². The van der Waals surface area contributed by atoms with Crippen molar-refractivity contribution in [1.82, 2.24) is 9.13 Å². The maximum atomic E-state index is 14.2. The van der Waals surface area contributed by atoms with Gasteiger partial charge < -0.3 is 23.7 Å². The average Bonchev–Trinajstić information content (AvgIpc) is 3.51. The number of aliphatic hydroxyl groups is 1. The Morgan fingerprint density at radius 3 is 1.85 bits per heavy atom. The molecule has 54 heavy (non-hydrogen) atoms. The van der Waals surface area contributed by atoms with Crippen molar-refractivity contribution >= 4 is 14.2 Å². The molecule has 282 valence electrons. The van der Waals surface area contributed by atoms with E-state index in [-0.39, 0.29) is 23.8 Å². The van der Waals surface area contributed by atoms with Crippen LogP contribution in [0.3, 0.4) is 0 Å². The standard InChI is InChI=1S/C43H48N2O8Si/c1-42(2,3)54(5,6)53-38-35(28-46)36(52-40(38)44-27-26-37(47)45(41(44)49)39(48)30-16-10-7-11-17-30)29-51-43(31-18-12-8-13-19-31,32-20-14-9-15-21-32)33-22-24-34(50-4)25-23-33/h7-27,35-36,38,40,46H,28-29H2,1-6H3/t35-,36-,38-,40-/m1/s1. The number of aliphatic hydroxyl groups excluding tert-OH is 1. The molecule has 0 amide bonds. The number of carbonyl (C=O) groups is 1. The highest BCUT2D eigenvalue weighted by Gasteiger charge is 2.52. The monoisotopic (exact) mass is 748 g/mol. The Morgan fingerprint density at radius 1 is 0.796 bits per heavy atom. The molecule has 0 bridgehead atoms. The van der Waals surface area contributed by atoms with Crippen molar-refractivity contribution in [3.63, 3.8) is 0 Å². The number of ether oxygens (including phenoxy) is 3. The lowest BCUT2D eigenvalue weighted by Gasteiger charge is -2.40. The lowest BCUT2D eigenvalue weighted by Crippen LogP contribution is -2.50. The largest absolute Gasteiger partial charge is 0.497 e. The van der Waals surface area contributed by atoms with Gasteiger partial charge in [-0.1, -0.05) is 112 Å². The van der Waals surface area contributed by atoms with Gasteiger partial charge in [-0.15, -0.1) is 0 Å². The summed E-state index contributed by atoms with van der Waals surface area (Å²) >= 11 is 0. The molecule has 1 aromatic heterocycles. The van der Waals surface area contributed by atoms with Gasteiger partial charge in [-0.3, -0.25) is 14.2 Å². The minimum Gasteiger partial charge on any atom is -0.497 e. The maximum Gasteiger partial charge on any atom is 0.340 e. The summed E-state index contributed by atoms with van der Waals surface area (Å²) in [6.45, 7) is 10.1. The lowest BCUT2D eigenvalue weighted by atomic mass is 9.80. The van der Waals surface area contributed by atoms with E-state index in [0.717, 1.165) is 16.7 Å². The molecular formula is C43H48N2O8Si. The third-order valence-electron chi connectivity index (χ3n) is 10.8. The molecule has 1 saturated heterocycles. The molecule has 0 aliphatic carbocycles. The fourth-order valence-corrected chi connectivity index (χ4v) is 8.09. The Balaban J connectivity index is 1.46. The maximum absolute atomic E-state index is 14.2. The molecule has 0 radical (unpaired) electrons. The van der Waals surface area contributed by atoms with Crippen LogP contribution in [0.4, 0.5) is 0 Å². The Morgan fingerprint density at radius 2 is 1.33 bits per heavy atom. The Bertz CT molecular complexity index is 2110. The smallest absolute Gasteiger partial charge is 0.340 e. The van der Waals surface area contributed by atoms with Gasteiger partial charge in [0.2, 0.25) is 0 Å². The third kappa shape index (κ3) is 7.42. The molecule has 10 nitrogen and oxygen atoms in total. The number of aromatic nitrogens is 2. The third-order valence-corrected chi connectivity index (χ3v) is 15.2. The van der Waals surface area contributed by atoms with Crippen LogP contribution in [-0.4, -0.2) is 61.0 Å². The van der Waals surface area contributed by atoms with Crippen LogP contribution in [0.25, 0.3) is 0 Å². The van der Waals surface area contributed by atoms with Crippen LogP contribution in [0.1, 0.15) is 54.0 Å². The van der Waals surface area contributed by atoms with Gasteiger partial charge in [0.1, 0.15) is 11.4 Å². The first-order chi connectivity index (χ1) is 25.8. The van der Waals surface area contributed by atoms with E-state index < -0.39 is 55.4 Å². The molecule has 1 aliphatic rings. The number of nitrogens with zero attached hydrogens (tertiary/aromatic N) is 2. The Kier molecular flexibility index (Phi) is 11.4. The van der Waals surface area contributed by atoms with E-state index in [1.54, 1.807) is 37.4 Å². The number of benzene rings is 4. The predicted molar refractivity (Wildman–Crippen MR) is 209 cm³/mol. The summed E-state index contributed by atoms with van der Waals surface area (Å²) in [5.41, 5.74) is 0.00221. The summed E-state index contributed by atoms with van der Waals surface area (Å²) in [5, 5.41) is 10.9. The normalized spacial score (nSPS) is 19.1. The zero-order valence-corrected chi connectivity index (χ0v) is 32.5. The summed E-state index contributed by atoms with van der Waals surface area (Å²) < 4.78 is 28.2. The molecule has 0 spiro atoms. The summed E-state index contributed by atoms with van der Waals surface area (Å²) in [6, 6.07) is 36.8. The van der Waals surface area contributed by atoms with Crippen molar-refractivity contribution in [2.75, 3.05) is 20.3 Å². The molecular weight excluding hydrogens is 701 g/mol. The summed E-state index contributed by atoms with van der Waals surface area (Å²) in [4.78, 5) is 40.9. The molecule has 6 rings (SSSR count). The fourth-order valence-electron chi connectivity index (χ4n) is 6.76. The summed E-state index contributed by atoms with van der Waals surface area (Å²) in [5.74, 6) is -0.714. The molecule has 4 aromatic carbocycles. The van der Waals surface area contributed by atoms with Crippen molar-refractivity contribution in [1.29, 1.82) is 0 Å². The van der Waals surface area contributed by atoms with Gasteiger partial charge in [-0.05, 0) is 59.1 Å². The summed E-state index contributed by atoms with van der Waals surface area (Å²) in [7, 11) is -0.952. The number of hydrogen-bond donors (Lipinski definition) is 1. The molecule has 2 heterocycles. The van der Waals surface area contributed by atoms with Crippen molar-refractivity contribution in [2.45, 2.75) is 62.9 Å². The minimum atomic E-state index is -2.57. The SMILES string of the molecule is COc1ccc(C(OC[C@H]2O[C@@H](n3ccc(=O)n(C(=O)c4ccccc4)c3=O)[C@H](O[Si](C)(C)C(C)(C)C)[C@@H]2CO)(c2ccccc2)c2ccccc2)cc1. The molecule has 1 aliphatic heterocycles. The molecule has 1 fully saturated rings. The summed E-state index contributed by atoms with van der Waals surface area (Å²) in [6.07, 6.45) is -1.38. The highest BCUT2D eigenvalue weighted by Crippen LogP contribution is 2.46. The van der Waals surface area contributed by atoms with Crippen molar-refractivity contribution in [3.05, 3.63) is 171 Å². The Labute approximate surface area is 316 Å². The van der Waals surface area contributed by atoms with Crippen molar-refractivity contribution < 1.29 is 28.5 Å². The molecule has 5 aromatic rings. The van der Waals surface area contributed by atoms with Gasteiger partial charge in [0.25, 0.3) is 11.5 Å². The van der Waals surface area contributed by atoms with Crippen LogP contribution in [-0.2, 0) is 19.5 Å². The van der Waals surface area contributed by atoms with Gasteiger partial charge >= 0.3 is 5.69 Å². The molecule has 0 saturated carbocycles. The molecule has 0 unspecified atom stereocenters. The zero-order valence-electron chi connectivity index (χ0n) is 31.5. The van der Waals surface area contributed by atoms with Crippen LogP contribution >= 0.6 is 0 Å². The van der Waals surface area contributed by atoms with Crippen LogP contribution in [0.2, 0.25) is 18.1 Å².